The molecule has 0 bridgehead atoms. The summed E-state index contributed by atoms with van der Waals surface area (Å²) in [5.41, 5.74) is 6.37. The third kappa shape index (κ3) is 3.42. The molecule has 0 spiro atoms. The number of nitrogens with zero attached hydrogens (tertiary/aromatic N) is 2. The van der Waals surface area contributed by atoms with Crippen molar-refractivity contribution in [2.24, 2.45) is 5.73 Å². The van der Waals surface area contributed by atoms with E-state index in [9.17, 15) is 4.21 Å². The molecule has 0 aliphatic heterocycles. The molecule has 5 heteroatoms. The van der Waals surface area contributed by atoms with Gasteiger partial charge in [0.2, 0.25) is 0 Å². The summed E-state index contributed by atoms with van der Waals surface area (Å²) >= 11 is 0. The second-order valence-corrected chi connectivity index (χ2v) is 5.97. The van der Waals surface area contributed by atoms with E-state index in [-0.39, 0.29) is 5.25 Å². The third-order valence-corrected chi connectivity index (χ3v) is 4.45. The van der Waals surface area contributed by atoms with Crippen molar-refractivity contribution >= 4 is 10.8 Å². The van der Waals surface area contributed by atoms with Gasteiger partial charge in [0.05, 0.1) is 11.4 Å². The summed E-state index contributed by atoms with van der Waals surface area (Å²) in [4.78, 5) is 0. The van der Waals surface area contributed by atoms with E-state index in [0.717, 1.165) is 12.1 Å². The molecule has 2 N–H and O–H groups in total. The van der Waals surface area contributed by atoms with E-state index >= 15 is 0 Å². The number of hydrogen-bond donors (Lipinski definition) is 1. The quantitative estimate of drug-likeness (QED) is 0.822. The zero-order valence-electron chi connectivity index (χ0n) is 10.2. The highest BCUT2D eigenvalue weighted by atomic mass is 32.2. The fraction of sp³-hybridized carbons (Fsp3) is 0.727. The van der Waals surface area contributed by atoms with Crippen LogP contribution >= 0.6 is 0 Å². The van der Waals surface area contributed by atoms with Crippen LogP contribution in [0.4, 0.5) is 0 Å². The van der Waals surface area contributed by atoms with Gasteiger partial charge < -0.3 is 5.73 Å². The van der Waals surface area contributed by atoms with Crippen LogP contribution in [-0.4, -0.2) is 25.8 Å². The second-order valence-electron chi connectivity index (χ2n) is 4.12. The minimum Gasteiger partial charge on any atom is -0.329 e. The maximum absolute atomic E-state index is 11.8. The van der Waals surface area contributed by atoms with Gasteiger partial charge in [0.25, 0.3) is 0 Å². The van der Waals surface area contributed by atoms with Crippen LogP contribution in [0, 0.1) is 0 Å². The molecule has 0 radical (unpaired) electrons. The molecule has 92 valence electrons. The largest absolute Gasteiger partial charge is 0.329 e. The Kier molecular flexibility index (Phi) is 5.15. The first kappa shape index (κ1) is 13.4. The van der Waals surface area contributed by atoms with Crippen molar-refractivity contribution in [2.75, 3.05) is 6.54 Å². The van der Waals surface area contributed by atoms with Crippen LogP contribution in [0.5, 0.6) is 0 Å². The molecule has 0 saturated heterocycles. The zero-order chi connectivity index (χ0) is 12.1. The van der Waals surface area contributed by atoms with Crippen molar-refractivity contribution in [3.63, 3.8) is 0 Å². The number of hydrogen-bond acceptors (Lipinski definition) is 3. The highest BCUT2D eigenvalue weighted by Gasteiger charge is 2.12. The summed E-state index contributed by atoms with van der Waals surface area (Å²) < 4.78 is 13.7. The van der Waals surface area contributed by atoms with Gasteiger partial charge in [-0.3, -0.25) is 8.89 Å². The zero-order valence-corrected chi connectivity index (χ0v) is 11.0. The summed E-state index contributed by atoms with van der Waals surface area (Å²) in [6.07, 6.45) is 3.00. The Morgan fingerprint density at radius 2 is 2.25 bits per heavy atom. The second kappa shape index (κ2) is 6.15. The maximum atomic E-state index is 11.8. The average molecular weight is 243 g/mol. The molecule has 1 aromatic heterocycles. The molecule has 0 aromatic carbocycles. The number of nitrogens with two attached hydrogens (primary N) is 1. The van der Waals surface area contributed by atoms with E-state index in [2.05, 4.69) is 18.9 Å². The van der Waals surface area contributed by atoms with Crippen LogP contribution in [0.1, 0.15) is 38.9 Å². The standard InChI is InChI=1S/C11H21N3OS/c1-4-9(2)14-6-5-11(13-14)8-16(15)10(3)7-12/h5-6,9-10H,4,7-8,12H2,1-3H3. The van der Waals surface area contributed by atoms with E-state index in [0.29, 0.717) is 18.3 Å². The Bertz CT molecular complexity index is 351. The first-order valence-electron chi connectivity index (χ1n) is 5.69. The minimum atomic E-state index is -0.918. The van der Waals surface area contributed by atoms with E-state index in [4.69, 9.17) is 5.73 Å². The summed E-state index contributed by atoms with van der Waals surface area (Å²) in [7, 11) is -0.918. The molecular formula is C11H21N3OS. The fourth-order valence-corrected chi connectivity index (χ4v) is 2.23. The van der Waals surface area contributed by atoms with Crippen molar-refractivity contribution in [3.05, 3.63) is 18.0 Å². The lowest BCUT2D eigenvalue weighted by Crippen LogP contribution is -2.23. The van der Waals surface area contributed by atoms with E-state index in [1.807, 2.05) is 23.9 Å². The average Bonchev–Trinajstić information content (AvgIpc) is 2.75. The van der Waals surface area contributed by atoms with Gasteiger partial charge in [-0.25, -0.2) is 0 Å². The van der Waals surface area contributed by atoms with Crippen molar-refractivity contribution in [1.82, 2.24) is 9.78 Å². The van der Waals surface area contributed by atoms with Gasteiger partial charge in [0.1, 0.15) is 0 Å². The van der Waals surface area contributed by atoms with Crippen LogP contribution in [0.2, 0.25) is 0 Å². The van der Waals surface area contributed by atoms with Gasteiger partial charge in [0, 0.05) is 34.8 Å². The third-order valence-electron chi connectivity index (χ3n) is 2.78. The predicted molar refractivity (Wildman–Crippen MR) is 67.6 cm³/mol. The molecule has 1 rings (SSSR count). The fourth-order valence-electron chi connectivity index (χ4n) is 1.28. The van der Waals surface area contributed by atoms with Gasteiger partial charge in [-0.15, -0.1) is 0 Å². The lowest BCUT2D eigenvalue weighted by atomic mass is 10.3. The molecule has 0 fully saturated rings. The van der Waals surface area contributed by atoms with E-state index in [1.54, 1.807) is 0 Å². The van der Waals surface area contributed by atoms with Crippen LogP contribution in [-0.2, 0) is 16.6 Å². The molecule has 0 aliphatic carbocycles. The van der Waals surface area contributed by atoms with Crippen molar-refractivity contribution in [1.29, 1.82) is 0 Å². The van der Waals surface area contributed by atoms with Crippen molar-refractivity contribution in [2.45, 2.75) is 44.2 Å². The van der Waals surface area contributed by atoms with E-state index < -0.39 is 10.8 Å². The van der Waals surface area contributed by atoms with Crippen LogP contribution < -0.4 is 5.73 Å². The summed E-state index contributed by atoms with van der Waals surface area (Å²) in [6, 6.07) is 2.34. The van der Waals surface area contributed by atoms with Gasteiger partial charge in [-0.2, -0.15) is 5.10 Å². The lowest BCUT2D eigenvalue weighted by molar-refractivity contribution is 0.475. The normalized spacial score (nSPS) is 17.0. The molecule has 4 nitrogen and oxygen atoms in total. The molecule has 0 saturated carbocycles. The number of aromatic nitrogens is 2. The van der Waals surface area contributed by atoms with Crippen molar-refractivity contribution in [3.8, 4) is 0 Å². The minimum absolute atomic E-state index is 0.0359. The summed E-state index contributed by atoms with van der Waals surface area (Å²) in [6.45, 7) is 6.61. The van der Waals surface area contributed by atoms with Crippen molar-refractivity contribution < 1.29 is 4.21 Å². The van der Waals surface area contributed by atoms with Gasteiger partial charge in [-0.05, 0) is 26.3 Å². The first-order chi connectivity index (χ1) is 7.58. The molecular weight excluding hydrogens is 222 g/mol. The topological polar surface area (TPSA) is 60.9 Å². The Morgan fingerprint density at radius 1 is 1.56 bits per heavy atom. The van der Waals surface area contributed by atoms with Crippen LogP contribution in [0.25, 0.3) is 0 Å². The molecule has 3 unspecified atom stereocenters. The molecule has 0 amide bonds. The van der Waals surface area contributed by atoms with E-state index in [1.165, 1.54) is 0 Å². The Balaban J connectivity index is 2.62. The summed E-state index contributed by atoms with van der Waals surface area (Å²) in [5.74, 6) is 0.502. The Labute approximate surface area is 99.7 Å². The highest BCUT2D eigenvalue weighted by Crippen LogP contribution is 2.11. The lowest BCUT2D eigenvalue weighted by Gasteiger charge is -2.09. The van der Waals surface area contributed by atoms with Crippen LogP contribution in [0.15, 0.2) is 12.3 Å². The molecule has 1 heterocycles. The van der Waals surface area contributed by atoms with Crippen LogP contribution in [0.3, 0.4) is 0 Å². The van der Waals surface area contributed by atoms with Gasteiger partial charge >= 0.3 is 0 Å². The summed E-state index contributed by atoms with van der Waals surface area (Å²) in [5, 5.41) is 4.46. The Hall–Kier alpha value is -0.680. The monoisotopic (exact) mass is 243 g/mol. The van der Waals surface area contributed by atoms with Gasteiger partial charge in [0.15, 0.2) is 0 Å². The Morgan fingerprint density at radius 3 is 2.81 bits per heavy atom. The van der Waals surface area contributed by atoms with Gasteiger partial charge in [-0.1, -0.05) is 6.92 Å². The molecule has 0 aliphatic rings. The predicted octanol–water partition coefficient (Wildman–Crippen LogP) is 1.45. The SMILES string of the molecule is CCC(C)n1ccc(CS(=O)C(C)CN)n1. The highest BCUT2D eigenvalue weighted by molar-refractivity contribution is 7.84. The first-order valence-corrected chi connectivity index (χ1v) is 7.08. The molecule has 1 aromatic rings. The smallest absolute Gasteiger partial charge is 0.0749 e. The molecule has 16 heavy (non-hydrogen) atoms. The molecule has 3 atom stereocenters. The number of rotatable bonds is 6. The maximum Gasteiger partial charge on any atom is 0.0749 e.